The number of nitrogens with two attached hydrogens (primary N) is 2. The van der Waals surface area contributed by atoms with E-state index in [4.69, 9.17) is 11.5 Å². The predicted octanol–water partition coefficient (Wildman–Crippen LogP) is 0.922. The summed E-state index contributed by atoms with van der Waals surface area (Å²) in [6.45, 7) is 4.01. The maximum absolute atomic E-state index is 11.2. The van der Waals surface area contributed by atoms with Gasteiger partial charge in [0.1, 0.15) is 0 Å². The highest BCUT2D eigenvalue weighted by Gasteiger charge is 2.27. The van der Waals surface area contributed by atoms with Gasteiger partial charge in [0.05, 0.1) is 16.9 Å². The summed E-state index contributed by atoms with van der Waals surface area (Å²) in [5.74, 6) is -0.499. The van der Waals surface area contributed by atoms with E-state index in [9.17, 15) is 4.79 Å². The van der Waals surface area contributed by atoms with Gasteiger partial charge < -0.3 is 22.1 Å². The summed E-state index contributed by atoms with van der Waals surface area (Å²) < 4.78 is 0. The quantitative estimate of drug-likeness (QED) is 0.596. The molecule has 0 bridgehead atoms. The van der Waals surface area contributed by atoms with E-state index < -0.39 is 5.91 Å². The summed E-state index contributed by atoms with van der Waals surface area (Å²) in [6, 6.07) is 5.28. The topological polar surface area (TPSA) is 93.2 Å². The van der Waals surface area contributed by atoms with Crippen LogP contribution in [0.4, 0.5) is 11.4 Å². The molecule has 0 aromatic heterocycles. The third-order valence-corrected chi connectivity index (χ3v) is 3.50. The third-order valence-electron chi connectivity index (χ3n) is 3.50. The molecule has 1 saturated heterocycles. The number of anilines is 2. The fourth-order valence-corrected chi connectivity index (χ4v) is 2.33. The van der Waals surface area contributed by atoms with Gasteiger partial charge in [-0.05, 0) is 38.4 Å². The zero-order chi connectivity index (χ0) is 13.2. The van der Waals surface area contributed by atoms with Crippen LogP contribution in [0.15, 0.2) is 18.2 Å². The van der Waals surface area contributed by atoms with Crippen LogP contribution in [0.5, 0.6) is 0 Å². The van der Waals surface area contributed by atoms with E-state index in [1.807, 2.05) is 6.07 Å². The normalized spacial score (nSPS) is 22.9. The molecule has 1 fully saturated rings. The van der Waals surface area contributed by atoms with Crippen LogP contribution in [-0.2, 0) is 0 Å². The molecule has 0 aliphatic carbocycles. The second kappa shape index (κ2) is 4.86. The van der Waals surface area contributed by atoms with Crippen molar-refractivity contribution >= 4 is 17.3 Å². The molecule has 98 valence electrons. The molecule has 1 aromatic rings. The maximum Gasteiger partial charge on any atom is 0.250 e. The van der Waals surface area contributed by atoms with Gasteiger partial charge in [-0.3, -0.25) is 4.79 Å². The molecule has 1 heterocycles. The zero-order valence-electron chi connectivity index (χ0n) is 10.6. The van der Waals surface area contributed by atoms with Crippen molar-refractivity contribution < 1.29 is 4.79 Å². The van der Waals surface area contributed by atoms with Gasteiger partial charge >= 0.3 is 0 Å². The molecular formula is C13H20N4O. The Morgan fingerprint density at radius 3 is 2.94 bits per heavy atom. The first kappa shape index (κ1) is 12.7. The van der Waals surface area contributed by atoms with Gasteiger partial charge in [0.2, 0.25) is 0 Å². The Bertz CT molecular complexity index is 452. The van der Waals surface area contributed by atoms with Gasteiger partial charge in [0.25, 0.3) is 5.91 Å². The number of nitrogen functional groups attached to an aromatic ring is 1. The Labute approximate surface area is 107 Å². The van der Waals surface area contributed by atoms with Crippen molar-refractivity contribution in [1.29, 1.82) is 0 Å². The van der Waals surface area contributed by atoms with Crippen LogP contribution in [-0.4, -0.2) is 24.5 Å². The number of carbonyl (C=O) groups excluding carboxylic acids is 1. The van der Waals surface area contributed by atoms with E-state index in [2.05, 4.69) is 17.6 Å². The van der Waals surface area contributed by atoms with Crippen molar-refractivity contribution in [3.05, 3.63) is 23.8 Å². The fraction of sp³-hybridized carbons (Fsp3) is 0.462. The fourth-order valence-electron chi connectivity index (χ4n) is 2.33. The molecule has 1 atom stereocenters. The van der Waals surface area contributed by atoms with Gasteiger partial charge in [-0.2, -0.15) is 0 Å². The molecule has 6 N–H and O–H groups in total. The van der Waals surface area contributed by atoms with Crippen LogP contribution in [0, 0.1) is 0 Å². The molecule has 5 nitrogen and oxygen atoms in total. The summed E-state index contributed by atoms with van der Waals surface area (Å²) in [6.07, 6.45) is 2.32. The van der Waals surface area contributed by atoms with Crippen LogP contribution in [0.2, 0.25) is 0 Å². The first-order valence-electron chi connectivity index (χ1n) is 6.19. The highest BCUT2D eigenvalue weighted by molar-refractivity contribution is 6.00. The number of benzene rings is 1. The Balaban J connectivity index is 2.10. The molecule has 0 unspecified atom stereocenters. The monoisotopic (exact) mass is 248 g/mol. The Morgan fingerprint density at radius 2 is 2.33 bits per heavy atom. The maximum atomic E-state index is 11.2. The first-order valence-corrected chi connectivity index (χ1v) is 6.19. The van der Waals surface area contributed by atoms with Crippen molar-refractivity contribution in [2.75, 3.05) is 24.1 Å². The van der Waals surface area contributed by atoms with Crippen LogP contribution in [0.1, 0.15) is 30.1 Å². The minimum atomic E-state index is -0.499. The molecule has 1 amide bonds. The largest absolute Gasteiger partial charge is 0.396 e. The van der Waals surface area contributed by atoms with Crippen LogP contribution in [0.25, 0.3) is 0 Å². The summed E-state index contributed by atoms with van der Waals surface area (Å²) in [5.41, 5.74) is 12.8. The van der Waals surface area contributed by atoms with Crippen LogP contribution >= 0.6 is 0 Å². The number of nitrogens with one attached hydrogen (secondary N) is 2. The Kier molecular flexibility index (Phi) is 3.43. The molecule has 5 heteroatoms. The molecule has 0 saturated carbocycles. The molecule has 1 aromatic carbocycles. The SMILES string of the molecule is C[C@]1(CNc2cccc(C(N)=O)c2N)CCCN1. The second-order valence-electron chi connectivity index (χ2n) is 5.08. The number of primary amides is 1. The van der Waals surface area contributed by atoms with Crippen LogP contribution in [0.3, 0.4) is 0 Å². The predicted molar refractivity (Wildman–Crippen MR) is 73.5 cm³/mol. The lowest BCUT2D eigenvalue weighted by molar-refractivity contribution is 0.100. The Hall–Kier alpha value is -1.75. The molecule has 0 spiro atoms. The smallest absolute Gasteiger partial charge is 0.250 e. The standard InChI is InChI=1S/C13H20N4O/c1-13(6-3-7-17-13)8-16-10-5-2-4-9(11(10)14)12(15)18/h2,4-5,16-17H,3,6-8,14H2,1H3,(H2,15,18)/t13-/m1/s1. The number of hydrogen-bond donors (Lipinski definition) is 4. The highest BCUT2D eigenvalue weighted by Crippen LogP contribution is 2.25. The zero-order valence-corrected chi connectivity index (χ0v) is 10.6. The lowest BCUT2D eigenvalue weighted by Crippen LogP contribution is -2.42. The molecule has 2 rings (SSSR count). The molecule has 18 heavy (non-hydrogen) atoms. The summed E-state index contributed by atoms with van der Waals surface area (Å²) >= 11 is 0. The molecule has 0 radical (unpaired) electrons. The average molecular weight is 248 g/mol. The highest BCUT2D eigenvalue weighted by atomic mass is 16.1. The van der Waals surface area contributed by atoms with Crippen molar-refractivity contribution in [3.63, 3.8) is 0 Å². The summed E-state index contributed by atoms with van der Waals surface area (Å²) in [5, 5.41) is 6.76. The van der Waals surface area contributed by atoms with E-state index in [0.717, 1.165) is 25.2 Å². The summed E-state index contributed by atoms with van der Waals surface area (Å²) in [7, 11) is 0. The Morgan fingerprint density at radius 1 is 1.56 bits per heavy atom. The number of para-hydroxylation sites is 1. The molecule has 1 aliphatic heterocycles. The van der Waals surface area contributed by atoms with E-state index in [1.54, 1.807) is 12.1 Å². The second-order valence-corrected chi connectivity index (χ2v) is 5.08. The van der Waals surface area contributed by atoms with Crippen molar-refractivity contribution in [3.8, 4) is 0 Å². The third kappa shape index (κ3) is 2.56. The van der Waals surface area contributed by atoms with Gasteiger partial charge in [-0.15, -0.1) is 0 Å². The lowest BCUT2D eigenvalue weighted by atomic mass is 10.00. The number of rotatable bonds is 4. The lowest BCUT2D eigenvalue weighted by Gasteiger charge is -2.25. The van der Waals surface area contributed by atoms with Crippen molar-refractivity contribution in [2.24, 2.45) is 5.73 Å². The number of carbonyl (C=O) groups is 1. The minimum Gasteiger partial charge on any atom is -0.396 e. The van der Waals surface area contributed by atoms with E-state index in [0.29, 0.717) is 11.3 Å². The van der Waals surface area contributed by atoms with Crippen molar-refractivity contribution in [2.45, 2.75) is 25.3 Å². The first-order chi connectivity index (χ1) is 8.52. The summed E-state index contributed by atoms with van der Waals surface area (Å²) in [4.78, 5) is 11.2. The van der Waals surface area contributed by atoms with Gasteiger partial charge in [-0.25, -0.2) is 0 Å². The number of hydrogen-bond acceptors (Lipinski definition) is 4. The average Bonchev–Trinajstić information content (AvgIpc) is 2.75. The van der Waals surface area contributed by atoms with E-state index >= 15 is 0 Å². The van der Waals surface area contributed by atoms with E-state index in [1.165, 1.54) is 6.42 Å². The number of amides is 1. The van der Waals surface area contributed by atoms with Crippen LogP contribution < -0.4 is 22.1 Å². The van der Waals surface area contributed by atoms with Crippen molar-refractivity contribution in [1.82, 2.24) is 5.32 Å². The van der Waals surface area contributed by atoms with E-state index in [-0.39, 0.29) is 5.54 Å². The van der Waals surface area contributed by atoms with Gasteiger partial charge in [-0.1, -0.05) is 6.07 Å². The molecule has 1 aliphatic rings. The molecular weight excluding hydrogens is 228 g/mol. The van der Waals surface area contributed by atoms with Gasteiger partial charge in [0.15, 0.2) is 0 Å². The van der Waals surface area contributed by atoms with Gasteiger partial charge in [0, 0.05) is 12.1 Å². The minimum absolute atomic E-state index is 0.0924.